The van der Waals surface area contributed by atoms with Crippen LogP contribution in [0.3, 0.4) is 0 Å². The highest BCUT2D eigenvalue weighted by molar-refractivity contribution is 9.10. The smallest absolute Gasteiger partial charge is 0.227 e. The van der Waals surface area contributed by atoms with Crippen LogP contribution < -0.4 is 0 Å². The quantitative estimate of drug-likeness (QED) is 0.269. The van der Waals surface area contributed by atoms with Crippen LogP contribution in [0.4, 0.5) is 0 Å². The SMILES string of the molecule is CC(C)(C)C(O)c1oc2nc(-c3ccc(Br)cc3Cl)c(-c3ccc(Cl)cc3)cc2c1C=O. The zero-order chi connectivity index (χ0) is 23.2. The topological polar surface area (TPSA) is 63.3 Å². The molecule has 0 saturated carbocycles. The van der Waals surface area contributed by atoms with Gasteiger partial charge in [0.05, 0.1) is 21.7 Å². The van der Waals surface area contributed by atoms with E-state index in [1.807, 2.05) is 51.1 Å². The second-order valence-electron chi connectivity index (χ2n) is 8.63. The molecule has 2 aromatic heterocycles. The van der Waals surface area contributed by atoms with Crippen molar-refractivity contribution in [1.29, 1.82) is 0 Å². The van der Waals surface area contributed by atoms with E-state index in [1.54, 1.807) is 18.2 Å². The summed E-state index contributed by atoms with van der Waals surface area (Å²) in [4.78, 5) is 16.8. The van der Waals surface area contributed by atoms with E-state index in [-0.39, 0.29) is 11.5 Å². The number of fused-ring (bicyclic) bond motifs is 1. The maximum atomic E-state index is 12.0. The van der Waals surface area contributed by atoms with Gasteiger partial charge in [-0.05, 0) is 41.3 Å². The molecule has 0 amide bonds. The largest absolute Gasteiger partial charge is 0.439 e. The van der Waals surface area contributed by atoms with E-state index in [0.717, 1.165) is 15.6 Å². The minimum atomic E-state index is -0.976. The molecule has 1 unspecified atom stereocenters. The molecule has 0 aliphatic carbocycles. The molecule has 7 heteroatoms. The Kier molecular flexibility index (Phi) is 6.21. The molecule has 0 aliphatic heterocycles. The second-order valence-corrected chi connectivity index (χ2v) is 10.4. The van der Waals surface area contributed by atoms with Crippen LogP contribution >= 0.6 is 39.1 Å². The van der Waals surface area contributed by atoms with Gasteiger partial charge in [-0.1, -0.05) is 78.1 Å². The summed E-state index contributed by atoms with van der Waals surface area (Å²) in [5.74, 6) is 0.205. The van der Waals surface area contributed by atoms with Crippen molar-refractivity contribution >= 4 is 56.5 Å². The molecule has 2 heterocycles. The second kappa shape index (κ2) is 8.64. The number of carbonyl (C=O) groups excluding carboxylic acids is 1. The minimum Gasteiger partial charge on any atom is -0.439 e. The average molecular weight is 533 g/mol. The molecule has 0 saturated heterocycles. The number of hydrogen-bond donors (Lipinski definition) is 1. The first-order valence-electron chi connectivity index (χ1n) is 9.92. The highest BCUT2D eigenvalue weighted by atomic mass is 79.9. The summed E-state index contributed by atoms with van der Waals surface area (Å²) < 4.78 is 6.79. The number of aliphatic hydroxyl groups excluding tert-OH is 1. The predicted molar refractivity (Wildman–Crippen MR) is 132 cm³/mol. The zero-order valence-corrected chi connectivity index (χ0v) is 20.7. The molecule has 0 aliphatic rings. The zero-order valence-electron chi connectivity index (χ0n) is 17.6. The molecular weight excluding hydrogens is 513 g/mol. The fraction of sp³-hybridized carbons (Fsp3) is 0.200. The maximum absolute atomic E-state index is 12.0. The Morgan fingerprint density at radius 3 is 2.34 bits per heavy atom. The number of aldehydes is 1. The van der Waals surface area contributed by atoms with E-state index in [9.17, 15) is 9.90 Å². The molecule has 0 bridgehead atoms. The van der Waals surface area contributed by atoms with Crippen molar-refractivity contribution < 1.29 is 14.3 Å². The number of halogens is 3. The molecule has 32 heavy (non-hydrogen) atoms. The van der Waals surface area contributed by atoms with Gasteiger partial charge in [0.15, 0.2) is 6.29 Å². The molecule has 164 valence electrons. The third kappa shape index (κ3) is 4.23. The summed E-state index contributed by atoms with van der Waals surface area (Å²) >= 11 is 16.1. The Morgan fingerprint density at radius 2 is 1.75 bits per heavy atom. The number of nitrogens with zero attached hydrogens (tertiary/aromatic N) is 1. The summed E-state index contributed by atoms with van der Waals surface area (Å²) in [5.41, 5.74) is 2.95. The molecule has 4 nitrogen and oxygen atoms in total. The number of hydrogen-bond acceptors (Lipinski definition) is 4. The number of aromatic nitrogens is 1. The summed E-state index contributed by atoms with van der Waals surface area (Å²) in [6, 6.07) is 14.7. The lowest BCUT2D eigenvalue weighted by atomic mass is 9.86. The first-order chi connectivity index (χ1) is 15.1. The lowest BCUT2D eigenvalue weighted by molar-refractivity contribution is 0.0438. The monoisotopic (exact) mass is 531 g/mol. The van der Waals surface area contributed by atoms with Crippen LogP contribution in [0, 0.1) is 5.41 Å². The van der Waals surface area contributed by atoms with Gasteiger partial charge in [-0.15, -0.1) is 0 Å². The average Bonchev–Trinajstić information content (AvgIpc) is 3.09. The Balaban J connectivity index is 2.05. The van der Waals surface area contributed by atoms with E-state index >= 15 is 0 Å². The van der Waals surface area contributed by atoms with Gasteiger partial charge in [0, 0.05) is 20.6 Å². The van der Waals surface area contributed by atoms with Crippen LogP contribution in [0.1, 0.15) is 43.0 Å². The number of carbonyl (C=O) groups is 1. The van der Waals surface area contributed by atoms with E-state index in [0.29, 0.717) is 38.5 Å². The Labute approximate surface area is 204 Å². The third-order valence-corrected chi connectivity index (χ3v) is 6.34. The first kappa shape index (κ1) is 23.0. The summed E-state index contributed by atoms with van der Waals surface area (Å²) in [5, 5.41) is 12.5. The third-order valence-electron chi connectivity index (χ3n) is 5.28. The van der Waals surface area contributed by atoms with Crippen LogP contribution in [0.25, 0.3) is 33.5 Å². The predicted octanol–water partition coefficient (Wildman–Crippen LogP) is 8.12. The van der Waals surface area contributed by atoms with Gasteiger partial charge >= 0.3 is 0 Å². The Bertz CT molecular complexity index is 1320. The molecule has 0 radical (unpaired) electrons. The standard InChI is InChI=1S/C25H20BrCl2NO3/c1-25(2,3)23(31)22-19(12-30)18-11-17(13-4-7-15(27)8-5-13)21(29-24(18)32-22)16-9-6-14(26)10-20(16)28/h4-12,23,31H,1-3H3. The van der Waals surface area contributed by atoms with E-state index in [2.05, 4.69) is 15.9 Å². The molecule has 4 rings (SSSR count). The van der Waals surface area contributed by atoms with Crippen LogP contribution in [0.2, 0.25) is 10.0 Å². The molecular formula is C25H20BrCl2NO3. The first-order valence-corrected chi connectivity index (χ1v) is 11.5. The van der Waals surface area contributed by atoms with Gasteiger partial charge in [0.25, 0.3) is 0 Å². The normalized spacial score (nSPS) is 12.8. The molecule has 0 fully saturated rings. The Morgan fingerprint density at radius 1 is 1.06 bits per heavy atom. The number of furan rings is 1. The fourth-order valence-corrected chi connectivity index (χ4v) is 4.40. The number of aliphatic hydroxyl groups is 1. The van der Waals surface area contributed by atoms with Crippen molar-refractivity contribution in [2.24, 2.45) is 5.41 Å². The van der Waals surface area contributed by atoms with Gasteiger partial charge in [0.2, 0.25) is 5.71 Å². The lowest BCUT2D eigenvalue weighted by Gasteiger charge is -2.24. The van der Waals surface area contributed by atoms with Crippen LogP contribution in [0.5, 0.6) is 0 Å². The van der Waals surface area contributed by atoms with E-state index < -0.39 is 11.5 Å². The van der Waals surface area contributed by atoms with Gasteiger partial charge in [-0.2, -0.15) is 0 Å². The van der Waals surface area contributed by atoms with Gasteiger partial charge in [-0.25, -0.2) is 4.98 Å². The van der Waals surface area contributed by atoms with Crippen molar-refractivity contribution in [1.82, 2.24) is 4.98 Å². The lowest BCUT2D eigenvalue weighted by Crippen LogP contribution is -2.18. The maximum Gasteiger partial charge on any atom is 0.227 e. The molecule has 2 aromatic carbocycles. The van der Waals surface area contributed by atoms with Crippen LogP contribution in [0.15, 0.2) is 57.4 Å². The minimum absolute atomic E-state index is 0.205. The van der Waals surface area contributed by atoms with Crippen LogP contribution in [-0.2, 0) is 0 Å². The number of rotatable bonds is 4. The van der Waals surface area contributed by atoms with Crippen molar-refractivity contribution in [3.8, 4) is 22.4 Å². The molecule has 0 spiro atoms. The van der Waals surface area contributed by atoms with Crippen molar-refractivity contribution in [3.05, 3.63) is 74.4 Å². The fourth-order valence-electron chi connectivity index (χ4n) is 3.51. The Hall–Kier alpha value is -2.18. The van der Waals surface area contributed by atoms with Gasteiger partial charge in [-0.3, -0.25) is 4.79 Å². The van der Waals surface area contributed by atoms with Gasteiger partial charge < -0.3 is 9.52 Å². The summed E-state index contributed by atoms with van der Waals surface area (Å²) in [6.45, 7) is 5.62. The summed E-state index contributed by atoms with van der Waals surface area (Å²) in [7, 11) is 0. The number of benzene rings is 2. The highest BCUT2D eigenvalue weighted by Gasteiger charge is 2.31. The molecule has 4 aromatic rings. The number of pyridine rings is 1. The summed E-state index contributed by atoms with van der Waals surface area (Å²) in [6.07, 6.45) is -0.272. The van der Waals surface area contributed by atoms with E-state index in [1.165, 1.54) is 0 Å². The van der Waals surface area contributed by atoms with Crippen molar-refractivity contribution in [2.75, 3.05) is 0 Å². The van der Waals surface area contributed by atoms with Crippen molar-refractivity contribution in [2.45, 2.75) is 26.9 Å². The molecule has 1 N–H and O–H groups in total. The van der Waals surface area contributed by atoms with Crippen molar-refractivity contribution in [3.63, 3.8) is 0 Å². The van der Waals surface area contributed by atoms with Crippen LogP contribution in [-0.4, -0.2) is 16.4 Å². The van der Waals surface area contributed by atoms with Gasteiger partial charge in [0.1, 0.15) is 11.9 Å². The van der Waals surface area contributed by atoms with E-state index in [4.69, 9.17) is 32.6 Å². The molecule has 1 atom stereocenters. The highest BCUT2D eigenvalue weighted by Crippen LogP contribution is 2.42.